The minimum atomic E-state index is 0.548. The summed E-state index contributed by atoms with van der Waals surface area (Å²) in [6.07, 6.45) is 9.10. The summed E-state index contributed by atoms with van der Waals surface area (Å²) >= 11 is 0. The zero-order chi connectivity index (χ0) is 42.0. The van der Waals surface area contributed by atoms with Crippen molar-refractivity contribution in [2.24, 2.45) is 0 Å². The van der Waals surface area contributed by atoms with E-state index in [0.29, 0.717) is 17.4 Å². The van der Waals surface area contributed by atoms with Crippen molar-refractivity contribution in [2.75, 3.05) is 0 Å². The van der Waals surface area contributed by atoms with E-state index in [2.05, 4.69) is 112 Å². The molecule has 302 valence electrons. The third-order valence-electron chi connectivity index (χ3n) is 12.1. The topological polar surface area (TPSA) is 84.8 Å². The van der Waals surface area contributed by atoms with E-state index in [-0.39, 0.29) is 0 Å². The van der Waals surface area contributed by atoms with Gasteiger partial charge in [-0.25, -0.2) is 19.9 Å². The molecule has 0 saturated heterocycles. The van der Waals surface area contributed by atoms with Crippen LogP contribution in [0.4, 0.5) is 0 Å². The molecular formula is C54H39N7O2. The summed E-state index contributed by atoms with van der Waals surface area (Å²) < 4.78 is 19.9. The van der Waals surface area contributed by atoms with E-state index in [0.717, 1.165) is 90.6 Å². The summed E-state index contributed by atoms with van der Waals surface area (Å²) in [7, 11) is 0. The highest BCUT2D eigenvalue weighted by Crippen LogP contribution is 2.40. The molecule has 0 bridgehead atoms. The number of hydrogen-bond acceptors (Lipinski definition) is 6. The Balaban J connectivity index is 0.951. The molecule has 0 N–H and O–H groups in total. The van der Waals surface area contributed by atoms with Crippen molar-refractivity contribution in [3.63, 3.8) is 0 Å². The zero-order valence-electron chi connectivity index (χ0n) is 34.6. The molecule has 6 aromatic heterocycles. The molecule has 0 spiro atoms. The lowest BCUT2D eigenvalue weighted by atomic mass is 10.1. The van der Waals surface area contributed by atoms with E-state index in [1.165, 1.54) is 21.9 Å². The number of hydrogen-bond donors (Lipinski definition) is 0. The van der Waals surface area contributed by atoms with Gasteiger partial charge in [0.15, 0.2) is 0 Å². The van der Waals surface area contributed by atoms with Gasteiger partial charge < -0.3 is 9.47 Å². The number of aryl methyl sites for hydroxylation is 2. The standard InChI is InChI=1S/C54H39N7O2/c1-3-34-12-18-40-42-20-14-36(30-48(42)59(46(40)28-34)52-10-5-7-24-55-52)62-38-16-22-44-45-23-17-39(33-51(45)61(50(44)32-38)54-57-26-9-27-58-54)63-37-15-21-43-41-19-13-35(4-2)29-47(41)60(49(43)31-37)53-11-6-8-25-56-53/h5-33H,3-4H2,1-2H3. The van der Waals surface area contributed by atoms with Crippen LogP contribution in [-0.4, -0.2) is 33.6 Å². The van der Waals surface area contributed by atoms with E-state index in [4.69, 9.17) is 29.4 Å². The number of fused-ring (bicyclic) bond motifs is 9. The first-order valence-corrected chi connectivity index (χ1v) is 21.3. The number of aromatic nitrogens is 7. The Labute approximate surface area is 362 Å². The van der Waals surface area contributed by atoms with Gasteiger partial charge in [0.2, 0.25) is 5.95 Å². The van der Waals surface area contributed by atoms with E-state index < -0.39 is 0 Å². The van der Waals surface area contributed by atoms with Crippen LogP contribution in [0.2, 0.25) is 0 Å². The number of benzene rings is 6. The highest BCUT2D eigenvalue weighted by atomic mass is 16.5. The fourth-order valence-corrected chi connectivity index (χ4v) is 9.12. The van der Waals surface area contributed by atoms with Gasteiger partial charge in [0.05, 0.1) is 33.1 Å². The molecular weight excluding hydrogens is 779 g/mol. The molecule has 63 heavy (non-hydrogen) atoms. The van der Waals surface area contributed by atoms with Crippen molar-refractivity contribution in [3.05, 3.63) is 188 Å². The van der Waals surface area contributed by atoms with Crippen molar-refractivity contribution >= 4 is 65.4 Å². The predicted octanol–water partition coefficient (Wildman–Crippen LogP) is 13.3. The highest BCUT2D eigenvalue weighted by Gasteiger charge is 2.19. The molecule has 0 amide bonds. The van der Waals surface area contributed by atoms with Crippen molar-refractivity contribution in [2.45, 2.75) is 26.7 Å². The first kappa shape index (κ1) is 36.5. The van der Waals surface area contributed by atoms with Crippen LogP contribution in [0.1, 0.15) is 25.0 Å². The average molecular weight is 818 g/mol. The van der Waals surface area contributed by atoms with E-state index in [1.54, 1.807) is 12.4 Å². The molecule has 0 radical (unpaired) electrons. The maximum absolute atomic E-state index is 6.71. The molecule has 0 aliphatic heterocycles. The first-order valence-electron chi connectivity index (χ1n) is 21.3. The molecule has 0 unspecified atom stereocenters. The number of nitrogens with zero attached hydrogens (tertiary/aromatic N) is 7. The number of rotatable bonds is 9. The predicted molar refractivity (Wildman–Crippen MR) is 252 cm³/mol. The SMILES string of the molecule is CCc1ccc2c3ccc(Oc4ccc5c6ccc(Oc7ccc8c9ccc(CC)cc9n(-c9ccccn9)c8c7)cc6n(-c6ncccn6)c5c4)cc3n(-c3ccccn3)c2c1. The van der Waals surface area contributed by atoms with Crippen molar-refractivity contribution in [3.8, 4) is 40.6 Å². The molecule has 6 aromatic carbocycles. The summed E-state index contributed by atoms with van der Waals surface area (Å²) in [5.41, 5.74) is 8.67. The summed E-state index contributed by atoms with van der Waals surface area (Å²) in [4.78, 5) is 18.9. The van der Waals surface area contributed by atoms with E-state index >= 15 is 0 Å². The van der Waals surface area contributed by atoms with Crippen LogP contribution in [-0.2, 0) is 12.8 Å². The minimum Gasteiger partial charge on any atom is -0.457 e. The van der Waals surface area contributed by atoms with Crippen LogP contribution >= 0.6 is 0 Å². The molecule has 0 saturated carbocycles. The van der Waals surface area contributed by atoms with Crippen molar-refractivity contribution in [1.82, 2.24) is 33.6 Å². The van der Waals surface area contributed by atoms with Gasteiger partial charge in [0, 0.05) is 81.4 Å². The van der Waals surface area contributed by atoms with Crippen LogP contribution in [0.25, 0.3) is 83.0 Å². The Morgan fingerprint density at radius 1 is 0.349 bits per heavy atom. The molecule has 6 heterocycles. The van der Waals surface area contributed by atoms with Crippen LogP contribution in [0.5, 0.6) is 23.0 Å². The van der Waals surface area contributed by atoms with Crippen molar-refractivity contribution < 1.29 is 9.47 Å². The van der Waals surface area contributed by atoms with Gasteiger partial charge in [0.1, 0.15) is 34.6 Å². The number of ether oxygens (including phenoxy) is 2. The fraction of sp³-hybridized carbons (Fsp3) is 0.0741. The second kappa shape index (κ2) is 14.7. The van der Waals surface area contributed by atoms with Gasteiger partial charge in [-0.2, -0.15) is 0 Å². The van der Waals surface area contributed by atoms with Gasteiger partial charge in [-0.1, -0.05) is 50.2 Å². The quantitative estimate of drug-likeness (QED) is 0.144. The minimum absolute atomic E-state index is 0.548. The van der Waals surface area contributed by atoms with Crippen molar-refractivity contribution in [1.29, 1.82) is 0 Å². The Morgan fingerprint density at radius 2 is 0.698 bits per heavy atom. The summed E-state index contributed by atoms with van der Waals surface area (Å²) in [6, 6.07) is 52.2. The van der Waals surface area contributed by atoms with Gasteiger partial charge in [0.25, 0.3) is 0 Å². The highest BCUT2D eigenvalue weighted by molar-refractivity contribution is 6.12. The molecule has 0 aliphatic carbocycles. The lowest BCUT2D eigenvalue weighted by Crippen LogP contribution is -2.00. The molecule has 9 nitrogen and oxygen atoms in total. The largest absolute Gasteiger partial charge is 0.457 e. The van der Waals surface area contributed by atoms with E-state index in [1.807, 2.05) is 79.1 Å². The first-order chi connectivity index (χ1) is 31.1. The lowest BCUT2D eigenvalue weighted by Gasteiger charge is -2.10. The molecule has 0 fully saturated rings. The molecule has 12 aromatic rings. The Bertz CT molecular complexity index is 3480. The lowest BCUT2D eigenvalue weighted by molar-refractivity contribution is 0.484. The van der Waals surface area contributed by atoms with Gasteiger partial charge in [-0.3, -0.25) is 13.7 Å². The summed E-state index contributed by atoms with van der Waals surface area (Å²) in [5, 5.41) is 6.72. The molecule has 9 heteroatoms. The second-order valence-electron chi connectivity index (χ2n) is 15.8. The normalized spacial score (nSPS) is 11.8. The maximum atomic E-state index is 6.71. The van der Waals surface area contributed by atoms with Crippen LogP contribution in [0.3, 0.4) is 0 Å². The smallest absolute Gasteiger partial charge is 0.234 e. The van der Waals surface area contributed by atoms with Gasteiger partial charge in [-0.15, -0.1) is 0 Å². The van der Waals surface area contributed by atoms with Crippen LogP contribution < -0.4 is 9.47 Å². The van der Waals surface area contributed by atoms with Crippen LogP contribution in [0.15, 0.2) is 176 Å². The molecule has 0 atom stereocenters. The van der Waals surface area contributed by atoms with Gasteiger partial charge in [-0.05, 0) is 115 Å². The zero-order valence-corrected chi connectivity index (χ0v) is 34.6. The number of pyridine rings is 2. The van der Waals surface area contributed by atoms with Gasteiger partial charge >= 0.3 is 0 Å². The van der Waals surface area contributed by atoms with Crippen LogP contribution in [0, 0.1) is 0 Å². The Morgan fingerprint density at radius 3 is 1.06 bits per heavy atom. The summed E-state index contributed by atoms with van der Waals surface area (Å²) in [6.45, 7) is 4.36. The maximum Gasteiger partial charge on any atom is 0.234 e. The fourth-order valence-electron chi connectivity index (χ4n) is 9.12. The summed E-state index contributed by atoms with van der Waals surface area (Å²) in [5.74, 6) is 5.09. The molecule has 0 aliphatic rings. The average Bonchev–Trinajstić information content (AvgIpc) is 3.96. The Kier molecular flexibility index (Phi) is 8.53. The monoisotopic (exact) mass is 817 g/mol. The third kappa shape index (κ3) is 6.08. The molecule has 12 rings (SSSR count). The van der Waals surface area contributed by atoms with E-state index in [9.17, 15) is 0 Å². The second-order valence-corrected chi connectivity index (χ2v) is 15.8. The third-order valence-corrected chi connectivity index (χ3v) is 12.1. The Hall–Kier alpha value is -8.30.